The Morgan fingerprint density at radius 1 is 1.00 bits per heavy atom. The molecular formula is C26H34N2O8S. The van der Waals surface area contributed by atoms with E-state index >= 15 is 0 Å². The Morgan fingerprint density at radius 3 is 2.30 bits per heavy atom. The maximum Gasteiger partial charge on any atom is 0.309 e. The smallest absolute Gasteiger partial charge is 0.309 e. The van der Waals surface area contributed by atoms with Crippen molar-refractivity contribution >= 4 is 21.9 Å². The van der Waals surface area contributed by atoms with Crippen LogP contribution in [0.1, 0.15) is 25.3 Å². The van der Waals surface area contributed by atoms with Crippen LogP contribution in [-0.2, 0) is 30.8 Å². The fourth-order valence-electron chi connectivity index (χ4n) is 4.03. The molecule has 2 aromatic rings. The minimum atomic E-state index is -3.72. The second kappa shape index (κ2) is 13.3. The van der Waals surface area contributed by atoms with E-state index in [-0.39, 0.29) is 35.8 Å². The third kappa shape index (κ3) is 7.83. The van der Waals surface area contributed by atoms with E-state index in [2.05, 4.69) is 4.72 Å². The van der Waals surface area contributed by atoms with Gasteiger partial charge in [0.1, 0.15) is 5.75 Å². The van der Waals surface area contributed by atoms with Crippen LogP contribution in [-0.4, -0.2) is 72.3 Å². The molecule has 1 aliphatic heterocycles. The topological polar surface area (TPSA) is 120 Å². The molecule has 1 aliphatic rings. The number of nitrogens with one attached hydrogen (secondary N) is 1. The van der Waals surface area contributed by atoms with Gasteiger partial charge >= 0.3 is 5.97 Å². The second-order valence-corrected chi connectivity index (χ2v) is 10.3. The average Bonchev–Trinajstić information content (AvgIpc) is 2.92. The molecule has 0 unspecified atom stereocenters. The summed E-state index contributed by atoms with van der Waals surface area (Å²) in [4.78, 5) is 26.1. The SMILES string of the molecule is CCOC(=O)C1CCN(C(=O)COc2ccc(S(=O)(=O)NCCc3ccc(OC)c(OC)c3)cc2)CC1. The van der Waals surface area contributed by atoms with Crippen molar-refractivity contribution in [3.63, 3.8) is 0 Å². The molecular weight excluding hydrogens is 500 g/mol. The largest absolute Gasteiger partial charge is 0.493 e. The van der Waals surface area contributed by atoms with Gasteiger partial charge in [-0.1, -0.05) is 6.07 Å². The molecule has 0 aromatic heterocycles. The van der Waals surface area contributed by atoms with E-state index in [0.29, 0.717) is 56.2 Å². The van der Waals surface area contributed by atoms with E-state index in [1.54, 1.807) is 32.1 Å². The van der Waals surface area contributed by atoms with Gasteiger partial charge in [0, 0.05) is 19.6 Å². The normalized spacial score (nSPS) is 14.2. The van der Waals surface area contributed by atoms with Gasteiger partial charge in [0.05, 0.1) is 31.6 Å². The lowest BCUT2D eigenvalue weighted by Gasteiger charge is -2.30. The Kier molecular flexibility index (Phi) is 10.2. The highest BCUT2D eigenvalue weighted by Crippen LogP contribution is 2.27. The fourth-order valence-corrected chi connectivity index (χ4v) is 5.06. The maximum absolute atomic E-state index is 12.7. The first-order chi connectivity index (χ1) is 17.8. The summed E-state index contributed by atoms with van der Waals surface area (Å²) in [5.41, 5.74) is 0.902. The Balaban J connectivity index is 1.45. The first-order valence-corrected chi connectivity index (χ1v) is 13.6. The van der Waals surface area contributed by atoms with Crippen molar-refractivity contribution in [1.29, 1.82) is 0 Å². The minimum absolute atomic E-state index is 0.0968. The van der Waals surface area contributed by atoms with E-state index in [1.807, 2.05) is 12.1 Å². The number of hydrogen-bond acceptors (Lipinski definition) is 8. The van der Waals surface area contributed by atoms with Gasteiger partial charge in [-0.3, -0.25) is 9.59 Å². The monoisotopic (exact) mass is 534 g/mol. The molecule has 202 valence electrons. The van der Waals surface area contributed by atoms with Crippen molar-refractivity contribution in [1.82, 2.24) is 9.62 Å². The molecule has 1 N–H and O–H groups in total. The first-order valence-electron chi connectivity index (χ1n) is 12.1. The average molecular weight is 535 g/mol. The van der Waals surface area contributed by atoms with E-state index < -0.39 is 10.0 Å². The summed E-state index contributed by atoms with van der Waals surface area (Å²) in [6.45, 7) is 3.10. The number of likely N-dealkylation sites (tertiary alicyclic amines) is 1. The van der Waals surface area contributed by atoms with Gasteiger partial charge in [0.15, 0.2) is 18.1 Å². The number of piperidine rings is 1. The van der Waals surface area contributed by atoms with Crippen molar-refractivity contribution in [2.45, 2.75) is 31.1 Å². The van der Waals surface area contributed by atoms with Crippen molar-refractivity contribution in [3.05, 3.63) is 48.0 Å². The molecule has 11 heteroatoms. The quantitative estimate of drug-likeness (QED) is 0.412. The van der Waals surface area contributed by atoms with Crippen LogP contribution in [0.25, 0.3) is 0 Å². The molecule has 0 bridgehead atoms. The first kappa shape index (κ1) is 28.3. The van der Waals surface area contributed by atoms with Gasteiger partial charge in [0.2, 0.25) is 10.0 Å². The van der Waals surface area contributed by atoms with Crippen LogP contribution in [0.2, 0.25) is 0 Å². The highest BCUT2D eigenvalue weighted by molar-refractivity contribution is 7.89. The zero-order chi connectivity index (χ0) is 26.8. The van der Waals surface area contributed by atoms with Crippen LogP contribution in [0, 0.1) is 5.92 Å². The molecule has 1 saturated heterocycles. The molecule has 1 heterocycles. The van der Waals surface area contributed by atoms with Gasteiger partial charge in [-0.25, -0.2) is 13.1 Å². The third-order valence-corrected chi connectivity index (χ3v) is 7.59. The highest BCUT2D eigenvalue weighted by atomic mass is 32.2. The van der Waals surface area contributed by atoms with Crippen molar-refractivity contribution < 1.29 is 37.0 Å². The summed E-state index contributed by atoms with van der Waals surface area (Å²) in [6.07, 6.45) is 1.60. The van der Waals surface area contributed by atoms with E-state index in [0.717, 1.165) is 5.56 Å². The summed E-state index contributed by atoms with van der Waals surface area (Å²) < 4.78 is 49.0. The molecule has 37 heavy (non-hydrogen) atoms. The van der Waals surface area contributed by atoms with Crippen LogP contribution < -0.4 is 18.9 Å². The van der Waals surface area contributed by atoms with E-state index in [1.165, 1.54) is 24.3 Å². The lowest BCUT2D eigenvalue weighted by atomic mass is 9.97. The van der Waals surface area contributed by atoms with Crippen molar-refractivity contribution in [2.75, 3.05) is 47.1 Å². The summed E-state index contributed by atoms with van der Waals surface area (Å²) in [5, 5.41) is 0. The molecule has 1 amide bonds. The van der Waals surface area contributed by atoms with Crippen LogP contribution in [0.4, 0.5) is 0 Å². The van der Waals surface area contributed by atoms with Gasteiger partial charge in [-0.2, -0.15) is 0 Å². The predicted molar refractivity (Wildman–Crippen MR) is 136 cm³/mol. The number of methoxy groups -OCH3 is 2. The van der Waals surface area contributed by atoms with Crippen LogP contribution in [0.5, 0.6) is 17.2 Å². The number of ether oxygens (including phenoxy) is 4. The number of amides is 1. The van der Waals surface area contributed by atoms with Gasteiger partial charge in [-0.05, 0) is 68.1 Å². The number of benzene rings is 2. The molecule has 10 nitrogen and oxygen atoms in total. The zero-order valence-corrected chi connectivity index (χ0v) is 22.2. The number of hydrogen-bond donors (Lipinski definition) is 1. The Bertz CT molecular complexity index is 1160. The van der Waals surface area contributed by atoms with Gasteiger partial charge in [0.25, 0.3) is 5.91 Å². The lowest BCUT2D eigenvalue weighted by molar-refractivity contribution is -0.151. The fraction of sp³-hybridized carbons (Fsp3) is 0.462. The van der Waals surface area contributed by atoms with E-state index in [9.17, 15) is 18.0 Å². The molecule has 0 radical (unpaired) electrons. The predicted octanol–water partition coefficient (Wildman–Crippen LogP) is 2.41. The number of carbonyl (C=O) groups excluding carboxylic acids is 2. The van der Waals surface area contributed by atoms with Crippen LogP contribution >= 0.6 is 0 Å². The Labute approximate surface area is 217 Å². The molecule has 1 fully saturated rings. The number of rotatable bonds is 12. The minimum Gasteiger partial charge on any atom is -0.493 e. The molecule has 2 aromatic carbocycles. The van der Waals surface area contributed by atoms with Gasteiger partial charge in [-0.15, -0.1) is 0 Å². The Hall–Kier alpha value is -3.31. The van der Waals surface area contributed by atoms with Crippen LogP contribution in [0.3, 0.4) is 0 Å². The van der Waals surface area contributed by atoms with Gasteiger partial charge < -0.3 is 23.8 Å². The van der Waals surface area contributed by atoms with Crippen LogP contribution in [0.15, 0.2) is 47.4 Å². The standard InChI is InChI=1S/C26H34N2O8S/c1-4-35-26(30)20-12-15-28(16-13-20)25(29)18-36-21-6-8-22(9-7-21)37(31,32)27-14-11-19-5-10-23(33-2)24(17-19)34-3/h5-10,17,20,27H,4,11-16,18H2,1-3H3. The highest BCUT2D eigenvalue weighted by Gasteiger charge is 2.28. The maximum atomic E-state index is 12.7. The molecule has 0 aliphatic carbocycles. The number of sulfonamides is 1. The Morgan fingerprint density at radius 2 is 1.68 bits per heavy atom. The summed E-state index contributed by atoms with van der Waals surface area (Å²) in [7, 11) is -0.616. The molecule has 0 spiro atoms. The van der Waals surface area contributed by atoms with E-state index in [4.69, 9.17) is 18.9 Å². The molecule has 0 saturated carbocycles. The summed E-state index contributed by atoms with van der Waals surface area (Å²) in [5.74, 6) is 1.01. The summed E-state index contributed by atoms with van der Waals surface area (Å²) >= 11 is 0. The lowest BCUT2D eigenvalue weighted by Crippen LogP contribution is -2.42. The zero-order valence-electron chi connectivity index (χ0n) is 21.4. The number of carbonyl (C=O) groups is 2. The molecule has 0 atom stereocenters. The van der Waals surface area contributed by atoms with Crippen molar-refractivity contribution in [3.8, 4) is 17.2 Å². The number of esters is 1. The van der Waals surface area contributed by atoms with Crippen molar-refractivity contribution in [2.24, 2.45) is 5.92 Å². The number of nitrogens with zero attached hydrogens (tertiary/aromatic N) is 1. The second-order valence-electron chi connectivity index (χ2n) is 8.50. The molecule has 3 rings (SSSR count). The third-order valence-electron chi connectivity index (χ3n) is 6.12. The summed E-state index contributed by atoms with van der Waals surface area (Å²) in [6, 6.07) is 11.3.